The van der Waals surface area contributed by atoms with Gasteiger partial charge in [-0.05, 0) is 12.8 Å². The van der Waals surface area contributed by atoms with Crippen LogP contribution in [0.15, 0.2) is 0 Å². The van der Waals surface area contributed by atoms with Crippen molar-refractivity contribution >= 4 is 17.9 Å². The number of rotatable bonds is 6. The lowest BCUT2D eigenvalue weighted by atomic mass is 10.2. The van der Waals surface area contributed by atoms with Crippen LogP contribution < -0.4 is 11.1 Å². The SMILES string of the molecule is NC(=O)CCCCNC(=O)N1C[C@H](O)C[C@H]1C(=O)O. The number of carboxylic acid groups (broad SMARTS) is 1. The van der Waals surface area contributed by atoms with E-state index in [4.69, 9.17) is 10.8 Å². The number of urea groups is 1. The third-order valence-corrected chi connectivity index (χ3v) is 2.95. The molecule has 8 nitrogen and oxygen atoms in total. The number of carboxylic acids is 1. The molecule has 2 atom stereocenters. The number of nitrogens with one attached hydrogen (secondary N) is 1. The molecule has 0 saturated carbocycles. The number of aliphatic carboxylic acids is 1. The van der Waals surface area contributed by atoms with Crippen LogP contribution in [0.3, 0.4) is 0 Å². The van der Waals surface area contributed by atoms with Crippen LogP contribution in [0.25, 0.3) is 0 Å². The van der Waals surface area contributed by atoms with Crippen LogP contribution in [0.2, 0.25) is 0 Å². The molecular weight excluding hydrogens is 254 g/mol. The van der Waals surface area contributed by atoms with Gasteiger partial charge in [0.15, 0.2) is 0 Å². The maximum absolute atomic E-state index is 11.8. The number of β-amino-alcohol motifs (C(OH)–C–C–N with tert-alkyl or cyclic N) is 1. The second kappa shape index (κ2) is 6.93. The van der Waals surface area contributed by atoms with Crippen molar-refractivity contribution in [1.29, 1.82) is 0 Å². The van der Waals surface area contributed by atoms with Crippen molar-refractivity contribution in [3.63, 3.8) is 0 Å². The standard InChI is InChI=1S/C11H19N3O5/c12-9(16)3-1-2-4-13-11(19)14-6-7(15)5-8(14)10(17)18/h7-8,15H,1-6H2,(H2,12,16)(H,13,19)(H,17,18)/t7-,8+/m1/s1. The first-order chi connectivity index (χ1) is 8.91. The summed E-state index contributed by atoms with van der Waals surface area (Å²) in [5.74, 6) is -1.51. The van der Waals surface area contributed by atoms with Gasteiger partial charge in [-0.25, -0.2) is 9.59 Å². The van der Waals surface area contributed by atoms with Crippen molar-refractivity contribution in [3.05, 3.63) is 0 Å². The molecule has 0 aromatic carbocycles. The predicted octanol–water partition coefficient (Wildman–Crippen LogP) is -1.13. The zero-order valence-corrected chi connectivity index (χ0v) is 10.5. The zero-order valence-electron chi connectivity index (χ0n) is 10.5. The van der Waals surface area contributed by atoms with E-state index in [0.717, 1.165) is 4.90 Å². The highest BCUT2D eigenvalue weighted by Gasteiger charge is 2.38. The third kappa shape index (κ3) is 4.74. The number of likely N-dealkylation sites (tertiary alicyclic amines) is 1. The minimum Gasteiger partial charge on any atom is -0.480 e. The first-order valence-electron chi connectivity index (χ1n) is 6.15. The van der Waals surface area contributed by atoms with E-state index < -0.39 is 24.1 Å². The summed E-state index contributed by atoms with van der Waals surface area (Å²) in [6.07, 6.45) is 0.658. The smallest absolute Gasteiger partial charge is 0.326 e. The molecule has 0 unspecified atom stereocenters. The highest BCUT2D eigenvalue weighted by Crippen LogP contribution is 2.18. The molecule has 0 aromatic rings. The van der Waals surface area contributed by atoms with E-state index in [-0.39, 0.29) is 25.3 Å². The first kappa shape index (κ1) is 15.2. The van der Waals surface area contributed by atoms with E-state index in [2.05, 4.69) is 5.32 Å². The summed E-state index contributed by atoms with van der Waals surface area (Å²) >= 11 is 0. The Morgan fingerprint density at radius 1 is 1.32 bits per heavy atom. The summed E-state index contributed by atoms with van der Waals surface area (Å²) in [7, 11) is 0. The van der Waals surface area contributed by atoms with Crippen LogP contribution in [-0.4, -0.2) is 58.3 Å². The topological polar surface area (TPSA) is 133 Å². The van der Waals surface area contributed by atoms with Gasteiger partial charge >= 0.3 is 12.0 Å². The fourth-order valence-electron chi connectivity index (χ4n) is 1.99. The Morgan fingerprint density at radius 2 is 2.00 bits per heavy atom. The van der Waals surface area contributed by atoms with Crippen molar-refractivity contribution in [2.24, 2.45) is 5.73 Å². The quantitative estimate of drug-likeness (QED) is 0.454. The largest absolute Gasteiger partial charge is 0.480 e. The number of hydrogen-bond donors (Lipinski definition) is 4. The average Bonchev–Trinajstić information content (AvgIpc) is 2.70. The van der Waals surface area contributed by atoms with E-state index in [0.29, 0.717) is 19.4 Å². The molecule has 0 bridgehead atoms. The minimum absolute atomic E-state index is 0.0179. The van der Waals surface area contributed by atoms with E-state index in [1.807, 2.05) is 0 Å². The van der Waals surface area contributed by atoms with Gasteiger partial charge in [-0.2, -0.15) is 0 Å². The minimum atomic E-state index is -1.12. The summed E-state index contributed by atoms with van der Waals surface area (Å²) < 4.78 is 0. The molecule has 8 heteroatoms. The number of unbranched alkanes of at least 4 members (excludes halogenated alkanes) is 1. The first-order valence-corrected chi connectivity index (χ1v) is 6.15. The number of amides is 3. The fourth-order valence-corrected chi connectivity index (χ4v) is 1.99. The Labute approximate surface area is 110 Å². The molecule has 1 fully saturated rings. The summed E-state index contributed by atoms with van der Waals surface area (Å²) in [5.41, 5.74) is 4.97. The number of carbonyl (C=O) groups is 3. The summed E-state index contributed by atoms with van der Waals surface area (Å²) in [6, 6.07) is -1.50. The molecule has 1 saturated heterocycles. The number of nitrogens with zero attached hydrogens (tertiary/aromatic N) is 1. The lowest BCUT2D eigenvalue weighted by Crippen LogP contribution is -2.46. The highest BCUT2D eigenvalue weighted by molar-refractivity contribution is 5.83. The summed E-state index contributed by atoms with van der Waals surface area (Å²) in [6.45, 7) is 0.356. The normalized spacial score (nSPS) is 22.3. The van der Waals surface area contributed by atoms with Crippen molar-refractivity contribution in [1.82, 2.24) is 10.2 Å². The van der Waals surface area contributed by atoms with Gasteiger partial charge in [-0.15, -0.1) is 0 Å². The van der Waals surface area contributed by atoms with Crippen LogP contribution in [0.5, 0.6) is 0 Å². The van der Waals surface area contributed by atoms with E-state index in [1.54, 1.807) is 0 Å². The van der Waals surface area contributed by atoms with Gasteiger partial charge in [0.1, 0.15) is 6.04 Å². The van der Waals surface area contributed by atoms with Gasteiger partial charge in [0.05, 0.1) is 6.10 Å². The van der Waals surface area contributed by atoms with Gasteiger partial charge in [0, 0.05) is 25.9 Å². The Hall–Kier alpha value is -1.83. The zero-order chi connectivity index (χ0) is 14.4. The monoisotopic (exact) mass is 273 g/mol. The molecule has 5 N–H and O–H groups in total. The fraction of sp³-hybridized carbons (Fsp3) is 0.727. The van der Waals surface area contributed by atoms with Crippen LogP contribution in [0.4, 0.5) is 4.79 Å². The molecule has 19 heavy (non-hydrogen) atoms. The number of carbonyl (C=O) groups excluding carboxylic acids is 2. The van der Waals surface area contributed by atoms with Crippen molar-refractivity contribution < 1.29 is 24.6 Å². The van der Waals surface area contributed by atoms with Gasteiger partial charge in [0.25, 0.3) is 0 Å². The molecule has 1 rings (SSSR count). The van der Waals surface area contributed by atoms with Crippen LogP contribution in [0, 0.1) is 0 Å². The van der Waals surface area contributed by atoms with Crippen LogP contribution in [-0.2, 0) is 9.59 Å². The van der Waals surface area contributed by atoms with Crippen molar-refractivity contribution in [2.75, 3.05) is 13.1 Å². The van der Waals surface area contributed by atoms with E-state index >= 15 is 0 Å². The Bertz CT molecular complexity index is 360. The van der Waals surface area contributed by atoms with Crippen LogP contribution in [0.1, 0.15) is 25.7 Å². The molecule has 0 aliphatic carbocycles. The van der Waals surface area contributed by atoms with E-state index in [9.17, 15) is 19.5 Å². The molecule has 1 heterocycles. The van der Waals surface area contributed by atoms with Crippen molar-refractivity contribution in [2.45, 2.75) is 37.8 Å². The highest BCUT2D eigenvalue weighted by atomic mass is 16.4. The molecule has 3 amide bonds. The molecular formula is C11H19N3O5. The number of primary amides is 1. The maximum Gasteiger partial charge on any atom is 0.326 e. The molecule has 108 valence electrons. The Balaban J connectivity index is 2.32. The summed E-state index contributed by atoms with van der Waals surface area (Å²) in [5, 5.41) is 20.9. The number of aliphatic hydroxyl groups excluding tert-OH is 1. The average molecular weight is 273 g/mol. The molecule has 0 radical (unpaired) electrons. The number of nitrogens with two attached hydrogens (primary N) is 1. The molecule has 0 spiro atoms. The second-order valence-electron chi connectivity index (χ2n) is 4.55. The number of aliphatic hydroxyl groups is 1. The van der Waals surface area contributed by atoms with E-state index in [1.165, 1.54) is 0 Å². The van der Waals surface area contributed by atoms with Gasteiger partial charge in [0.2, 0.25) is 5.91 Å². The lowest BCUT2D eigenvalue weighted by Gasteiger charge is -2.21. The molecule has 1 aliphatic rings. The van der Waals surface area contributed by atoms with Gasteiger partial charge in [-0.1, -0.05) is 0 Å². The molecule has 0 aromatic heterocycles. The van der Waals surface area contributed by atoms with Gasteiger partial charge < -0.3 is 26.2 Å². The lowest BCUT2D eigenvalue weighted by molar-refractivity contribution is -0.141. The predicted molar refractivity (Wildman–Crippen MR) is 65.2 cm³/mol. The Morgan fingerprint density at radius 3 is 2.58 bits per heavy atom. The third-order valence-electron chi connectivity index (χ3n) is 2.95. The van der Waals surface area contributed by atoms with Crippen LogP contribution >= 0.6 is 0 Å². The second-order valence-corrected chi connectivity index (χ2v) is 4.55. The van der Waals surface area contributed by atoms with Crippen molar-refractivity contribution in [3.8, 4) is 0 Å². The molecule has 1 aliphatic heterocycles. The summed E-state index contributed by atoms with van der Waals surface area (Å²) in [4.78, 5) is 34.3. The maximum atomic E-state index is 11.8. The van der Waals surface area contributed by atoms with Gasteiger partial charge in [-0.3, -0.25) is 4.79 Å². The Kier molecular flexibility index (Phi) is 5.56. The number of hydrogen-bond acceptors (Lipinski definition) is 4.